The number of hydrazine groups is 1. The molecule has 0 amide bonds. The molecule has 0 atom stereocenters. The highest BCUT2D eigenvalue weighted by molar-refractivity contribution is 5.60. The molecule has 0 aliphatic heterocycles. The predicted molar refractivity (Wildman–Crippen MR) is 76.4 cm³/mol. The molecule has 0 saturated heterocycles. The Hall–Kier alpha value is -2.48. The van der Waals surface area contributed by atoms with Gasteiger partial charge in [0, 0.05) is 14.1 Å². The van der Waals surface area contributed by atoms with Gasteiger partial charge in [0.25, 0.3) is 0 Å². The first-order valence-corrected chi connectivity index (χ1v) is 5.93. The molecule has 106 valence electrons. The van der Waals surface area contributed by atoms with Crippen molar-refractivity contribution in [2.24, 2.45) is 5.84 Å². The summed E-state index contributed by atoms with van der Waals surface area (Å²) in [5.41, 5.74) is 3.43. The van der Waals surface area contributed by atoms with Crippen LogP contribution < -0.4 is 21.5 Å². The molecule has 1 aromatic heterocycles. The van der Waals surface area contributed by atoms with Crippen molar-refractivity contribution in [2.45, 2.75) is 6.92 Å². The fourth-order valence-corrected chi connectivity index (χ4v) is 1.59. The molecule has 2 rings (SSSR count). The Bertz CT molecular complexity index is 594. The first-order chi connectivity index (χ1) is 9.51. The van der Waals surface area contributed by atoms with Gasteiger partial charge in [0.1, 0.15) is 5.82 Å². The molecule has 0 radical (unpaired) electrons. The Balaban J connectivity index is 2.40. The van der Waals surface area contributed by atoms with Gasteiger partial charge in [-0.25, -0.2) is 10.2 Å². The first kappa shape index (κ1) is 13.9. The number of benzene rings is 1. The second-order valence-electron chi connectivity index (χ2n) is 4.38. The minimum absolute atomic E-state index is 0.195. The molecule has 0 fully saturated rings. The van der Waals surface area contributed by atoms with Crippen LogP contribution >= 0.6 is 0 Å². The zero-order valence-electron chi connectivity index (χ0n) is 11.5. The van der Waals surface area contributed by atoms with E-state index in [4.69, 9.17) is 5.84 Å². The molecule has 8 heteroatoms. The smallest absolute Gasteiger partial charge is 0.243 e. The summed E-state index contributed by atoms with van der Waals surface area (Å²) in [5, 5.41) is 2.85. The number of para-hydroxylation sites is 1. The van der Waals surface area contributed by atoms with Gasteiger partial charge >= 0.3 is 0 Å². The monoisotopic (exact) mass is 277 g/mol. The topological polar surface area (TPSA) is 92.0 Å². The van der Waals surface area contributed by atoms with Crippen LogP contribution in [0.4, 0.5) is 27.9 Å². The lowest BCUT2D eigenvalue weighted by atomic mass is 10.2. The lowest BCUT2D eigenvalue weighted by Crippen LogP contribution is -2.18. The molecule has 0 aliphatic carbocycles. The molecule has 0 aliphatic rings. The van der Waals surface area contributed by atoms with Gasteiger partial charge in [-0.15, -0.1) is 0 Å². The minimum Gasteiger partial charge on any atom is -0.347 e. The highest BCUT2D eigenvalue weighted by Crippen LogP contribution is 2.22. The predicted octanol–water partition coefficient (Wildman–Crippen LogP) is 1.41. The molecule has 0 saturated carbocycles. The van der Waals surface area contributed by atoms with Crippen LogP contribution in [0.1, 0.15) is 5.56 Å². The second kappa shape index (κ2) is 5.66. The summed E-state index contributed by atoms with van der Waals surface area (Å²) in [7, 11) is 3.57. The van der Waals surface area contributed by atoms with Gasteiger partial charge in [-0.3, -0.25) is 5.43 Å². The van der Waals surface area contributed by atoms with Crippen molar-refractivity contribution in [1.29, 1.82) is 0 Å². The van der Waals surface area contributed by atoms with E-state index in [-0.39, 0.29) is 17.7 Å². The van der Waals surface area contributed by atoms with Crippen molar-refractivity contribution in [3.05, 3.63) is 29.6 Å². The normalized spacial score (nSPS) is 10.2. The summed E-state index contributed by atoms with van der Waals surface area (Å²) in [6, 6.07) is 4.80. The molecule has 1 aromatic carbocycles. The fourth-order valence-electron chi connectivity index (χ4n) is 1.59. The van der Waals surface area contributed by atoms with Crippen molar-refractivity contribution in [2.75, 3.05) is 29.7 Å². The van der Waals surface area contributed by atoms with Crippen molar-refractivity contribution in [3.8, 4) is 0 Å². The zero-order chi connectivity index (χ0) is 14.7. The standard InChI is InChI=1S/C12H16FN7/c1-7-5-4-6-8(13)9(7)15-10-16-11(19-14)18-12(17-10)20(2)3/h4-6H,14H2,1-3H3,(H2,15,16,17,18,19). The molecule has 0 unspecified atom stereocenters. The van der Waals surface area contributed by atoms with Crippen molar-refractivity contribution >= 4 is 23.5 Å². The lowest BCUT2D eigenvalue weighted by Gasteiger charge is -2.14. The van der Waals surface area contributed by atoms with Crippen molar-refractivity contribution in [3.63, 3.8) is 0 Å². The van der Waals surface area contributed by atoms with E-state index in [1.807, 2.05) is 0 Å². The number of aromatic nitrogens is 3. The second-order valence-corrected chi connectivity index (χ2v) is 4.38. The van der Waals surface area contributed by atoms with E-state index in [9.17, 15) is 4.39 Å². The molecule has 0 bridgehead atoms. The van der Waals surface area contributed by atoms with Crippen LogP contribution in [-0.2, 0) is 0 Å². The highest BCUT2D eigenvalue weighted by atomic mass is 19.1. The maximum Gasteiger partial charge on any atom is 0.243 e. The molecule has 7 nitrogen and oxygen atoms in total. The van der Waals surface area contributed by atoms with E-state index in [1.54, 1.807) is 38.1 Å². The summed E-state index contributed by atoms with van der Waals surface area (Å²) in [4.78, 5) is 14.0. The number of nitrogen functional groups attached to an aromatic ring is 1. The molecule has 4 N–H and O–H groups in total. The molecular formula is C12H16FN7. The maximum absolute atomic E-state index is 13.8. The zero-order valence-corrected chi connectivity index (χ0v) is 11.5. The third-order valence-corrected chi connectivity index (χ3v) is 2.61. The Morgan fingerprint density at radius 2 is 1.85 bits per heavy atom. The van der Waals surface area contributed by atoms with Crippen LogP contribution in [0.2, 0.25) is 0 Å². The molecule has 0 spiro atoms. The Kier molecular flexibility index (Phi) is 3.94. The van der Waals surface area contributed by atoms with E-state index in [2.05, 4.69) is 25.7 Å². The quantitative estimate of drug-likeness (QED) is 0.575. The Labute approximate surface area is 116 Å². The van der Waals surface area contributed by atoms with Crippen LogP contribution in [0.15, 0.2) is 18.2 Å². The van der Waals surface area contributed by atoms with E-state index >= 15 is 0 Å². The van der Waals surface area contributed by atoms with Gasteiger partial charge in [0.15, 0.2) is 0 Å². The third kappa shape index (κ3) is 2.91. The number of aryl methyl sites for hydroxylation is 1. The molecule has 20 heavy (non-hydrogen) atoms. The van der Waals surface area contributed by atoms with Gasteiger partial charge < -0.3 is 10.2 Å². The van der Waals surface area contributed by atoms with Crippen LogP contribution in [0.5, 0.6) is 0 Å². The number of anilines is 4. The Morgan fingerprint density at radius 1 is 1.15 bits per heavy atom. The van der Waals surface area contributed by atoms with Crippen LogP contribution in [0.3, 0.4) is 0 Å². The summed E-state index contributed by atoms with van der Waals surface area (Å²) < 4.78 is 13.8. The third-order valence-electron chi connectivity index (χ3n) is 2.61. The van der Waals surface area contributed by atoms with E-state index in [0.29, 0.717) is 11.6 Å². The van der Waals surface area contributed by atoms with E-state index < -0.39 is 0 Å². The maximum atomic E-state index is 13.8. The molecular weight excluding hydrogens is 261 g/mol. The molecule has 2 aromatic rings. The van der Waals surface area contributed by atoms with Crippen LogP contribution in [-0.4, -0.2) is 29.0 Å². The van der Waals surface area contributed by atoms with E-state index in [0.717, 1.165) is 5.56 Å². The number of nitrogens with one attached hydrogen (secondary N) is 2. The number of rotatable bonds is 4. The van der Waals surface area contributed by atoms with Crippen LogP contribution in [0, 0.1) is 12.7 Å². The van der Waals surface area contributed by atoms with Crippen LogP contribution in [0.25, 0.3) is 0 Å². The number of hydrogen-bond donors (Lipinski definition) is 3. The minimum atomic E-state index is -0.376. The fraction of sp³-hybridized carbons (Fsp3) is 0.250. The number of hydrogen-bond acceptors (Lipinski definition) is 7. The largest absolute Gasteiger partial charge is 0.347 e. The number of halogens is 1. The summed E-state index contributed by atoms with van der Waals surface area (Å²) >= 11 is 0. The number of nitrogens with zero attached hydrogens (tertiary/aromatic N) is 4. The average Bonchev–Trinajstić information content (AvgIpc) is 2.42. The van der Waals surface area contributed by atoms with Crippen molar-refractivity contribution in [1.82, 2.24) is 15.0 Å². The van der Waals surface area contributed by atoms with Gasteiger partial charge in [0.2, 0.25) is 17.8 Å². The van der Waals surface area contributed by atoms with Gasteiger partial charge in [-0.1, -0.05) is 12.1 Å². The van der Waals surface area contributed by atoms with Gasteiger partial charge in [-0.2, -0.15) is 15.0 Å². The van der Waals surface area contributed by atoms with E-state index in [1.165, 1.54) is 6.07 Å². The SMILES string of the molecule is Cc1cccc(F)c1Nc1nc(NN)nc(N(C)C)n1. The highest BCUT2D eigenvalue weighted by Gasteiger charge is 2.11. The average molecular weight is 277 g/mol. The summed E-state index contributed by atoms with van der Waals surface area (Å²) in [5.74, 6) is 5.76. The van der Waals surface area contributed by atoms with Crippen molar-refractivity contribution < 1.29 is 4.39 Å². The first-order valence-electron chi connectivity index (χ1n) is 5.93. The Morgan fingerprint density at radius 3 is 2.45 bits per heavy atom. The molecule has 1 heterocycles. The summed E-state index contributed by atoms with van der Waals surface area (Å²) in [6.45, 7) is 1.79. The summed E-state index contributed by atoms with van der Waals surface area (Å²) in [6.07, 6.45) is 0. The lowest BCUT2D eigenvalue weighted by molar-refractivity contribution is 0.630. The number of nitrogens with two attached hydrogens (primary N) is 1. The van der Waals surface area contributed by atoms with Gasteiger partial charge in [-0.05, 0) is 18.6 Å². The van der Waals surface area contributed by atoms with Gasteiger partial charge in [0.05, 0.1) is 5.69 Å².